The molecule has 0 aliphatic heterocycles. The van der Waals surface area contributed by atoms with Crippen molar-refractivity contribution in [2.24, 2.45) is 0 Å². The van der Waals surface area contributed by atoms with Gasteiger partial charge in [-0.2, -0.15) is 4.40 Å². The summed E-state index contributed by atoms with van der Waals surface area (Å²) in [4.78, 5) is 32.9. The number of aromatic nitrogens is 4. The van der Waals surface area contributed by atoms with E-state index in [2.05, 4.69) is 9.97 Å². The van der Waals surface area contributed by atoms with Crippen LogP contribution in [0.15, 0.2) is 78.1 Å². The van der Waals surface area contributed by atoms with Crippen LogP contribution in [0.3, 0.4) is 0 Å². The third-order valence-electron chi connectivity index (χ3n) is 5.24. The van der Waals surface area contributed by atoms with Crippen molar-refractivity contribution < 1.29 is 14.5 Å². The number of halogens is 1. The Bertz CT molecular complexity index is 1520. The number of aromatic amines is 1. The highest BCUT2D eigenvalue weighted by Gasteiger charge is 2.24. The number of hydrogen-bond acceptors (Lipinski definition) is 4. The molecule has 3 heterocycles. The minimum absolute atomic E-state index is 0.115. The summed E-state index contributed by atoms with van der Waals surface area (Å²) in [6.45, 7) is 1.86. The van der Waals surface area contributed by atoms with Gasteiger partial charge in [-0.25, -0.2) is 19.1 Å². The Kier molecular flexibility index (Phi) is 4.95. The molecule has 32 heavy (non-hydrogen) atoms. The Labute approximate surface area is 187 Å². The quantitative estimate of drug-likeness (QED) is 0.392. The van der Waals surface area contributed by atoms with Gasteiger partial charge in [0, 0.05) is 10.6 Å². The number of fused-ring (bicyclic) bond motifs is 3. The monoisotopic (exact) mass is 445 g/mol. The van der Waals surface area contributed by atoms with Crippen molar-refractivity contribution >= 4 is 34.3 Å². The van der Waals surface area contributed by atoms with E-state index in [1.807, 2.05) is 65.4 Å². The smallest absolute Gasteiger partial charge is 0.346 e. The molecular weight excluding hydrogens is 428 g/mol. The average molecular weight is 446 g/mol. The Balaban J connectivity index is 1.85. The van der Waals surface area contributed by atoms with Crippen LogP contribution in [0.2, 0.25) is 5.02 Å². The number of nitrogens with zero attached hydrogens (tertiary/aromatic N) is 3. The van der Waals surface area contributed by atoms with Gasteiger partial charge in [-0.15, -0.1) is 0 Å². The zero-order valence-electron chi connectivity index (χ0n) is 17.1. The van der Waals surface area contributed by atoms with Gasteiger partial charge in [-0.05, 0) is 36.8 Å². The van der Waals surface area contributed by atoms with Crippen LogP contribution in [0.5, 0.6) is 0 Å². The number of hydrogen-bond donors (Lipinski definition) is 0. The molecule has 0 fully saturated rings. The summed E-state index contributed by atoms with van der Waals surface area (Å²) in [5.74, 6) is -0.693. The van der Waals surface area contributed by atoms with Gasteiger partial charge in [0.05, 0.1) is 19.0 Å². The molecule has 0 unspecified atom stereocenters. The fraction of sp³-hybridized carbons (Fsp3) is 0.0833. The third-order valence-corrected chi connectivity index (χ3v) is 5.49. The number of H-pyrrole nitrogens is 1. The minimum atomic E-state index is -0.693. The lowest BCUT2D eigenvalue weighted by Gasteiger charge is -2.03. The molecule has 0 spiro atoms. The number of benzene rings is 2. The zero-order valence-corrected chi connectivity index (χ0v) is 17.8. The van der Waals surface area contributed by atoms with Crippen LogP contribution in [0, 0.1) is 0 Å². The molecule has 8 heteroatoms. The molecule has 2 aromatic carbocycles. The average Bonchev–Trinajstić information content (AvgIpc) is 3.21. The lowest BCUT2D eigenvalue weighted by molar-refractivity contribution is -0.354. The highest BCUT2D eigenvalue weighted by Crippen LogP contribution is 2.32. The molecule has 7 nitrogen and oxygen atoms in total. The van der Waals surface area contributed by atoms with Crippen LogP contribution in [0.1, 0.15) is 17.3 Å². The van der Waals surface area contributed by atoms with Gasteiger partial charge in [0.1, 0.15) is 11.1 Å². The fourth-order valence-electron chi connectivity index (χ4n) is 3.76. The van der Waals surface area contributed by atoms with E-state index < -0.39 is 11.5 Å². The molecule has 0 amide bonds. The molecular formula is C24H18ClN4O3+. The molecule has 1 N–H and O–H groups in total. The second-order valence-corrected chi connectivity index (χ2v) is 7.58. The number of esters is 1. The third kappa shape index (κ3) is 3.23. The second-order valence-electron chi connectivity index (χ2n) is 7.14. The van der Waals surface area contributed by atoms with Gasteiger partial charge in [0.15, 0.2) is 11.9 Å². The van der Waals surface area contributed by atoms with Crippen molar-refractivity contribution in [3.63, 3.8) is 0 Å². The second kappa shape index (κ2) is 7.94. The summed E-state index contributed by atoms with van der Waals surface area (Å²) in [5.41, 5.74) is 3.33. The van der Waals surface area contributed by atoms with Crippen LogP contribution in [0.4, 0.5) is 0 Å². The molecule has 0 atom stereocenters. The molecule has 0 aliphatic rings. The summed E-state index contributed by atoms with van der Waals surface area (Å²) >= 11 is 6.07. The van der Waals surface area contributed by atoms with Gasteiger partial charge in [0.25, 0.3) is 0 Å². The highest BCUT2D eigenvalue weighted by atomic mass is 35.5. The maximum absolute atomic E-state index is 13.0. The zero-order chi connectivity index (χ0) is 22.2. The van der Waals surface area contributed by atoms with Crippen molar-refractivity contribution in [1.82, 2.24) is 14.0 Å². The van der Waals surface area contributed by atoms with Crippen molar-refractivity contribution in [2.75, 3.05) is 6.61 Å². The molecule has 158 valence electrons. The summed E-state index contributed by atoms with van der Waals surface area (Å²) in [7, 11) is 0. The van der Waals surface area contributed by atoms with E-state index in [9.17, 15) is 9.59 Å². The summed E-state index contributed by atoms with van der Waals surface area (Å²) < 4.78 is 8.32. The normalized spacial score (nSPS) is 11.2. The number of ether oxygens (including phenoxy) is 1. The molecule has 0 radical (unpaired) electrons. The minimum Gasteiger partial charge on any atom is -0.462 e. The Morgan fingerprint density at radius 3 is 2.59 bits per heavy atom. The lowest BCUT2D eigenvalue weighted by atomic mass is 10.1. The van der Waals surface area contributed by atoms with E-state index in [1.54, 1.807) is 6.92 Å². The van der Waals surface area contributed by atoms with E-state index >= 15 is 0 Å². The van der Waals surface area contributed by atoms with Crippen LogP contribution in [-0.2, 0) is 4.74 Å². The topological polar surface area (TPSA) is 79.7 Å². The maximum atomic E-state index is 13.0. The highest BCUT2D eigenvalue weighted by molar-refractivity contribution is 6.30. The Morgan fingerprint density at radius 1 is 1.12 bits per heavy atom. The van der Waals surface area contributed by atoms with Crippen molar-refractivity contribution in [1.29, 1.82) is 0 Å². The van der Waals surface area contributed by atoms with Gasteiger partial charge >= 0.3 is 11.5 Å². The molecule has 5 rings (SSSR count). The predicted octanol–water partition coefficient (Wildman–Crippen LogP) is 3.95. The number of nitrogens with one attached hydrogen (secondary N) is 1. The van der Waals surface area contributed by atoms with Gasteiger partial charge in [-0.3, -0.25) is 4.98 Å². The standard InChI is InChI=1S/C24H17ClN4O3/c1-2-32-24(31)18-12-26-21-20-19(15-6-4-3-5-7-15)13-28(17-10-8-16(25)9-11-17)22(20)27-14-29(21)23(18)30/h3-14H,2H2,1H3/p+1. The summed E-state index contributed by atoms with van der Waals surface area (Å²) in [5, 5.41) is 1.39. The van der Waals surface area contributed by atoms with Gasteiger partial charge in [-0.1, -0.05) is 41.9 Å². The molecule has 0 aliphatic carbocycles. The lowest BCUT2D eigenvalue weighted by Crippen LogP contribution is -2.27. The maximum Gasteiger partial charge on any atom is 0.346 e. The first kappa shape index (κ1) is 20.0. The number of carbonyl (C=O) groups excluding carboxylic acids is 1. The molecule has 0 bridgehead atoms. The summed E-state index contributed by atoms with van der Waals surface area (Å²) in [6.07, 6.45) is 4.78. The summed E-state index contributed by atoms with van der Waals surface area (Å²) in [6, 6.07) is 17.3. The van der Waals surface area contributed by atoms with Crippen LogP contribution in [0.25, 0.3) is 33.5 Å². The van der Waals surface area contributed by atoms with Gasteiger partial charge < -0.3 is 4.74 Å². The molecule has 0 saturated carbocycles. The van der Waals surface area contributed by atoms with Crippen LogP contribution >= 0.6 is 11.6 Å². The Morgan fingerprint density at radius 2 is 1.88 bits per heavy atom. The number of carbonyl (C=O) groups is 1. The van der Waals surface area contributed by atoms with Gasteiger partial charge in [0.2, 0.25) is 11.3 Å². The van der Waals surface area contributed by atoms with Crippen LogP contribution in [-0.4, -0.2) is 26.5 Å². The number of rotatable bonds is 4. The molecule has 5 aromatic rings. The van der Waals surface area contributed by atoms with Crippen molar-refractivity contribution in [3.05, 3.63) is 94.3 Å². The fourth-order valence-corrected chi connectivity index (χ4v) is 3.89. The first-order chi connectivity index (χ1) is 15.6. The SMILES string of the molecule is CCOC(=O)c1cnc2c3c(-c4ccccc4)cn(-c4ccc(Cl)cc4)c3[nH+]cn2c1=O. The first-order valence-corrected chi connectivity index (χ1v) is 10.4. The van der Waals surface area contributed by atoms with Crippen molar-refractivity contribution in [3.8, 4) is 16.8 Å². The molecule has 3 aromatic heterocycles. The van der Waals surface area contributed by atoms with E-state index in [-0.39, 0.29) is 12.2 Å². The van der Waals surface area contributed by atoms with E-state index in [0.29, 0.717) is 10.7 Å². The van der Waals surface area contributed by atoms with Crippen LogP contribution < -0.4 is 10.5 Å². The van der Waals surface area contributed by atoms with E-state index in [1.165, 1.54) is 16.9 Å². The van der Waals surface area contributed by atoms with E-state index in [0.717, 1.165) is 27.8 Å². The first-order valence-electron chi connectivity index (χ1n) is 10.0. The predicted molar refractivity (Wildman–Crippen MR) is 121 cm³/mol. The largest absolute Gasteiger partial charge is 0.462 e. The van der Waals surface area contributed by atoms with Crippen molar-refractivity contribution in [2.45, 2.75) is 6.92 Å². The Hall–Kier alpha value is -3.97. The molecule has 0 saturated heterocycles. The van der Waals surface area contributed by atoms with E-state index in [4.69, 9.17) is 16.3 Å².